The van der Waals surface area contributed by atoms with Crippen LogP contribution in [0.2, 0.25) is 0 Å². The fraction of sp³-hybridized carbons (Fsp3) is 0.263. The van der Waals surface area contributed by atoms with Gasteiger partial charge in [0.25, 0.3) is 0 Å². The van der Waals surface area contributed by atoms with Crippen molar-refractivity contribution in [1.29, 1.82) is 0 Å². The second kappa shape index (κ2) is 8.34. The zero-order valence-electron chi connectivity index (χ0n) is 15.3. The quantitative estimate of drug-likeness (QED) is 0.300. The average molecular weight is 417 g/mol. The van der Waals surface area contributed by atoms with Crippen LogP contribution in [0.4, 0.5) is 4.39 Å². The summed E-state index contributed by atoms with van der Waals surface area (Å²) in [5.74, 6) is 1.31. The number of rotatable bonds is 7. The zero-order valence-corrected chi connectivity index (χ0v) is 16.9. The molecule has 3 heterocycles. The lowest BCUT2D eigenvalue weighted by molar-refractivity contribution is 0.0683. The predicted molar refractivity (Wildman–Crippen MR) is 107 cm³/mol. The molecule has 0 aliphatic carbocycles. The van der Waals surface area contributed by atoms with Crippen LogP contribution in [0, 0.1) is 5.82 Å². The molecule has 1 unspecified atom stereocenters. The van der Waals surface area contributed by atoms with Crippen molar-refractivity contribution in [2.24, 2.45) is 0 Å². The van der Waals surface area contributed by atoms with Gasteiger partial charge in [-0.2, -0.15) is 4.98 Å². The third kappa shape index (κ3) is 4.06. The van der Waals surface area contributed by atoms with Crippen molar-refractivity contribution in [3.63, 3.8) is 0 Å². The van der Waals surface area contributed by atoms with Gasteiger partial charge in [-0.05, 0) is 37.6 Å². The highest BCUT2D eigenvalue weighted by Gasteiger charge is 2.16. The lowest BCUT2D eigenvalue weighted by Gasteiger charge is -2.04. The van der Waals surface area contributed by atoms with Crippen molar-refractivity contribution in [2.75, 3.05) is 6.61 Å². The fourth-order valence-corrected chi connectivity index (χ4v) is 4.68. The molecule has 1 atom stereocenters. The molecule has 144 valence electrons. The summed E-state index contributed by atoms with van der Waals surface area (Å²) in [4.78, 5) is 14.2. The van der Waals surface area contributed by atoms with Crippen LogP contribution in [-0.2, 0) is 10.5 Å². The number of hydrogen-bond donors (Lipinski definition) is 0. The van der Waals surface area contributed by atoms with Crippen LogP contribution in [-0.4, -0.2) is 26.7 Å². The van der Waals surface area contributed by atoms with Gasteiger partial charge in [-0.25, -0.2) is 14.4 Å². The monoisotopic (exact) mass is 416 g/mol. The number of hydrogen-bond acceptors (Lipinski definition) is 8. The highest BCUT2D eigenvalue weighted by molar-refractivity contribution is 7.98. The van der Waals surface area contributed by atoms with Gasteiger partial charge in [0.1, 0.15) is 23.3 Å². The first-order valence-electron chi connectivity index (χ1n) is 8.71. The topological polar surface area (TPSA) is 73.9 Å². The Kier molecular flexibility index (Phi) is 5.65. The largest absolute Gasteiger partial charge is 0.371 e. The number of thiophene rings is 1. The molecule has 0 fully saturated rings. The van der Waals surface area contributed by atoms with Gasteiger partial charge in [0, 0.05) is 11.5 Å². The summed E-state index contributed by atoms with van der Waals surface area (Å²) in [5.41, 5.74) is 1.81. The first-order valence-corrected chi connectivity index (χ1v) is 10.5. The van der Waals surface area contributed by atoms with E-state index < -0.39 is 0 Å². The summed E-state index contributed by atoms with van der Waals surface area (Å²) < 4.78 is 25.0. The van der Waals surface area contributed by atoms with Crippen LogP contribution in [0.5, 0.6) is 0 Å². The van der Waals surface area contributed by atoms with E-state index in [1.54, 1.807) is 29.8 Å². The molecule has 28 heavy (non-hydrogen) atoms. The van der Waals surface area contributed by atoms with Gasteiger partial charge in [-0.1, -0.05) is 29.1 Å². The Morgan fingerprint density at radius 1 is 1.25 bits per heavy atom. The highest BCUT2D eigenvalue weighted by Crippen LogP contribution is 2.37. The highest BCUT2D eigenvalue weighted by atomic mass is 32.2. The number of halogens is 1. The Morgan fingerprint density at radius 3 is 2.86 bits per heavy atom. The summed E-state index contributed by atoms with van der Waals surface area (Å²) in [5, 5.41) is 4.82. The third-order valence-electron chi connectivity index (χ3n) is 4.00. The minimum atomic E-state index is -0.251. The molecule has 0 spiro atoms. The summed E-state index contributed by atoms with van der Waals surface area (Å²) >= 11 is 3.09. The van der Waals surface area contributed by atoms with E-state index >= 15 is 0 Å². The van der Waals surface area contributed by atoms with Crippen LogP contribution in [0.25, 0.3) is 20.7 Å². The zero-order chi connectivity index (χ0) is 19.5. The summed E-state index contributed by atoms with van der Waals surface area (Å²) in [6, 6.07) is 8.43. The molecule has 4 aromatic rings. The van der Waals surface area contributed by atoms with Crippen molar-refractivity contribution in [3.8, 4) is 10.4 Å². The molecule has 9 heteroatoms. The normalized spacial score (nSPS) is 12.5. The minimum Gasteiger partial charge on any atom is -0.371 e. The van der Waals surface area contributed by atoms with E-state index in [2.05, 4.69) is 20.1 Å². The van der Waals surface area contributed by atoms with Crippen LogP contribution < -0.4 is 0 Å². The van der Waals surface area contributed by atoms with E-state index in [4.69, 9.17) is 9.26 Å². The molecule has 4 rings (SSSR count). The van der Waals surface area contributed by atoms with E-state index in [1.807, 2.05) is 19.9 Å². The maximum atomic E-state index is 13.2. The molecule has 0 aliphatic rings. The molecule has 0 saturated carbocycles. The van der Waals surface area contributed by atoms with Crippen LogP contribution in [0.15, 0.2) is 46.2 Å². The van der Waals surface area contributed by atoms with Crippen LogP contribution in [0.3, 0.4) is 0 Å². The summed E-state index contributed by atoms with van der Waals surface area (Å²) in [6.07, 6.45) is 1.34. The van der Waals surface area contributed by atoms with E-state index in [9.17, 15) is 4.39 Å². The molecule has 6 nitrogen and oxygen atoms in total. The Hall–Kier alpha value is -2.36. The van der Waals surface area contributed by atoms with E-state index in [1.165, 1.54) is 23.9 Å². The van der Waals surface area contributed by atoms with Crippen molar-refractivity contribution < 1.29 is 13.7 Å². The van der Waals surface area contributed by atoms with Gasteiger partial charge < -0.3 is 9.26 Å². The molecule has 0 N–H and O–H groups in total. The maximum Gasteiger partial charge on any atom is 0.237 e. The van der Waals surface area contributed by atoms with Gasteiger partial charge in [0.2, 0.25) is 5.89 Å². The fourth-order valence-electron chi connectivity index (χ4n) is 2.64. The van der Waals surface area contributed by atoms with Gasteiger partial charge in [-0.15, -0.1) is 11.3 Å². The number of aromatic nitrogens is 4. The van der Waals surface area contributed by atoms with Crippen LogP contribution in [0.1, 0.15) is 31.7 Å². The summed E-state index contributed by atoms with van der Waals surface area (Å²) in [6.45, 7) is 4.41. The Balaban J connectivity index is 1.53. The maximum absolute atomic E-state index is 13.2. The predicted octanol–water partition coefficient (Wildman–Crippen LogP) is 5.27. The Labute approximate surface area is 169 Å². The van der Waals surface area contributed by atoms with Crippen LogP contribution >= 0.6 is 23.1 Å². The van der Waals surface area contributed by atoms with Gasteiger partial charge in [0.05, 0.1) is 16.0 Å². The number of thioether (sulfide) groups is 1. The Bertz CT molecular complexity index is 1080. The molecule has 0 amide bonds. The second-order valence-corrected chi connectivity index (χ2v) is 7.96. The van der Waals surface area contributed by atoms with Crippen molar-refractivity contribution in [2.45, 2.75) is 30.7 Å². The van der Waals surface area contributed by atoms with E-state index in [-0.39, 0.29) is 11.9 Å². The molecule has 0 radical (unpaired) electrons. The first kappa shape index (κ1) is 19.0. The molecular weight excluding hydrogens is 399 g/mol. The number of ether oxygens (including phenoxy) is 1. The minimum absolute atomic E-state index is 0.200. The smallest absolute Gasteiger partial charge is 0.237 e. The first-order chi connectivity index (χ1) is 13.6. The van der Waals surface area contributed by atoms with E-state index in [0.29, 0.717) is 24.1 Å². The van der Waals surface area contributed by atoms with Crippen molar-refractivity contribution >= 4 is 33.3 Å². The number of fused-ring (bicyclic) bond motifs is 1. The Morgan fingerprint density at radius 2 is 2.07 bits per heavy atom. The second-order valence-electron chi connectivity index (χ2n) is 5.94. The summed E-state index contributed by atoms with van der Waals surface area (Å²) in [7, 11) is 0. The van der Waals surface area contributed by atoms with Gasteiger partial charge in [-0.3, -0.25) is 0 Å². The van der Waals surface area contributed by atoms with Crippen molar-refractivity contribution in [1.82, 2.24) is 20.1 Å². The SMILES string of the molecule is CCOC(C)c1noc(CSc2ncnc3cc(-c4ccc(F)cc4)sc23)n1. The average Bonchev–Trinajstić information content (AvgIpc) is 3.34. The molecule has 0 bridgehead atoms. The molecule has 1 aromatic carbocycles. The molecular formula is C19H17FN4O2S2. The van der Waals surface area contributed by atoms with Crippen molar-refractivity contribution in [3.05, 3.63) is 54.2 Å². The van der Waals surface area contributed by atoms with E-state index in [0.717, 1.165) is 25.7 Å². The van der Waals surface area contributed by atoms with Gasteiger partial charge >= 0.3 is 0 Å². The third-order valence-corrected chi connectivity index (χ3v) is 6.29. The standard InChI is InChI=1S/C19H17FN4O2S2/c1-3-25-11(2)18-23-16(26-24-18)9-27-19-17-14(21-10-22-19)8-15(28-17)12-4-6-13(20)7-5-12/h4-8,10-11H,3,9H2,1-2H3. The number of benzene rings is 1. The molecule has 0 saturated heterocycles. The lowest BCUT2D eigenvalue weighted by Crippen LogP contribution is -2.01. The lowest BCUT2D eigenvalue weighted by atomic mass is 10.2. The molecule has 3 aromatic heterocycles. The van der Waals surface area contributed by atoms with Gasteiger partial charge in [0.15, 0.2) is 5.82 Å². The molecule has 0 aliphatic heterocycles. The number of nitrogens with zero attached hydrogens (tertiary/aromatic N) is 4.